The summed E-state index contributed by atoms with van der Waals surface area (Å²) in [5.74, 6) is 0.562. The zero-order chi connectivity index (χ0) is 21.6. The summed E-state index contributed by atoms with van der Waals surface area (Å²) in [7, 11) is 3.31. The van der Waals surface area contributed by atoms with Gasteiger partial charge in [0.05, 0.1) is 11.4 Å². The predicted molar refractivity (Wildman–Crippen MR) is 103 cm³/mol. The van der Waals surface area contributed by atoms with Gasteiger partial charge in [0, 0.05) is 38.4 Å². The molecule has 0 saturated heterocycles. The number of nitrogens with zero attached hydrogens (tertiary/aromatic N) is 6. The first-order valence-electron chi connectivity index (χ1n) is 8.89. The standard InChI is InChI=1S/C18H23F3N8/c1-10-7-23-15(28(10)6)17(3,4)29-9-13(11(2)27-29)25-16-24-8-12(18(19,20)21)14(22-5)26-16/h7-9H,1-6H3,(H2,22,24,25,26). The van der Waals surface area contributed by atoms with E-state index in [9.17, 15) is 13.2 Å². The second kappa shape index (κ2) is 7.05. The second-order valence-electron chi connectivity index (χ2n) is 7.24. The number of anilines is 3. The zero-order valence-corrected chi connectivity index (χ0v) is 17.0. The number of rotatable bonds is 5. The summed E-state index contributed by atoms with van der Waals surface area (Å²) in [5, 5.41) is 9.96. The number of halogens is 3. The van der Waals surface area contributed by atoms with E-state index in [1.54, 1.807) is 24.0 Å². The molecule has 8 nitrogen and oxygen atoms in total. The molecule has 3 rings (SSSR count). The maximum atomic E-state index is 13.0. The van der Waals surface area contributed by atoms with E-state index in [4.69, 9.17) is 0 Å². The van der Waals surface area contributed by atoms with Crippen LogP contribution in [0.4, 0.5) is 30.6 Å². The fraction of sp³-hybridized carbons (Fsp3) is 0.444. The first kappa shape index (κ1) is 20.6. The fourth-order valence-corrected chi connectivity index (χ4v) is 3.00. The maximum absolute atomic E-state index is 13.0. The van der Waals surface area contributed by atoms with Crippen molar-refractivity contribution in [3.8, 4) is 0 Å². The number of nitrogens with one attached hydrogen (secondary N) is 2. The molecule has 2 N–H and O–H groups in total. The van der Waals surface area contributed by atoms with Crippen molar-refractivity contribution in [2.45, 2.75) is 39.4 Å². The number of hydrogen-bond donors (Lipinski definition) is 2. The Bertz CT molecular complexity index is 1030. The van der Waals surface area contributed by atoms with Gasteiger partial charge >= 0.3 is 6.18 Å². The van der Waals surface area contributed by atoms with Gasteiger partial charge in [0.15, 0.2) is 0 Å². The summed E-state index contributed by atoms with van der Waals surface area (Å²) in [5.41, 5.74) is 0.784. The smallest absolute Gasteiger partial charge is 0.372 e. The molecule has 0 bridgehead atoms. The monoisotopic (exact) mass is 408 g/mol. The molecule has 11 heteroatoms. The molecular weight excluding hydrogens is 385 g/mol. The first-order valence-corrected chi connectivity index (χ1v) is 8.89. The minimum Gasteiger partial charge on any atom is -0.372 e. The molecule has 0 aliphatic heterocycles. The highest BCUT2D eigenvalue weighted by Gasteiger charge is 2.35. The molecule has 0 radical (unpaired) electrons. The lowest BCUT2D eigenvalue weighted by molar-refractivity contribution is -0.137. The van der Waals surface area contributed by atoms with Crippen molar-refractivity contribution in [1.29, 1.82) is 0 Å². The van der Waals surface area contributed by atoms with Crippen molar-refractivity contribution in [3.05, 3.63) is 41.4 Å². The summed E-state index contributed by atoms with van der Waals surface area (Å²) in [6, 6.07) is 0. The van der Waals surface area contributed by atoms with Gasteiger partial charge in [-0.15, -0.1) is 0 Å². The van der Waals surface area contributed by atoms with Crippen LogP contribution in [0.25, 0.3) is 0 Å². The number of aryl methyl sites for hydroxylation is 2. The van der Waals surface area contributed by atoms with Crippen molar-refractivity contribution in [3.63, 3.8) is 0 Å². The Morgan fingerprint density at radius 2 is 1.76 bits per heavy atom. The molecule has 29 heavy (non-hydrogen) atoms. The molecule has 156 valence electrons. The molecule has 0 aromatic carbocycles. The lowest BCUT2D eigenvalue weighted by Gasteiger charge is -2.25. The summed E-state index contributed by atoms with van der Waals surface area (Å²) in [6.45, 7) is 7.73. The SMILES string of the molecule is CNc1nc(Nc2cn(C(C)(C)c3ncc(C)n3C)nc2C)ncc1C(F)(F)F. The van der Waals surface area contributed by atoms with Crippen LogP contribution < -0.4 is 10.6 Å². The molecule has 0 fully saturated rings. The van der Waals surface area contributed by atoms with Crippen LogP contribution in [0.5, 0.6) is 0 Å². The molecular formula is C18H23F3N8. The van der Waals surface area contributed by atoms with Crippen LogP contribution in [-0.4, -0.2) is 36.3 Å². The molecule has 0 aliphatic carbocycles. The molecule has 0 atom stereocenters. The van der Waals surface area contributed by atoms with E-state index in [-0.39, 0.29) is 11.8 Å². The van der Waals surface area contributed by atoms with Crippen LogP contribution in [-0.2, 0) is 18.8 Å². The van der Waals surface area contributed by atoms with Gasteiger partial charge in [0.1, 0.15) is 22.7 Å². The average Bonchev–Trinajstić information content (AvgIpc) is 3.17. The highest BCUT2D eigenvalue weighted by molar-refractivity contribution is 5.58. The van der Waals surface area contributed by atoms with E-state index >= 15 is 0 Å². The van der Waals surface area contributed by atoms with E-state index < -0.39 is 17.3 Å². The van der Waals surface area contributed by atoms with Gasteiger partial charge in [-0.3, -0.25) is 4.68 Å². The Morgan fingerprint density at radius 3 is 2.31 bits per heavy atom. The van der Waals surface area contributed by atoms with Crippen molar-refractivity contribution < 1.29 is 13.2 Å². The third kappa shape index (κ3) is 3.76. The van der Waals surface area contributed by atoms with E-state index in [0.717, 1.165) is 17.7 Å². The van der Waals surface area contributed by atoms with Crippen LogP contribution in [0, 0.1) is 13.8 Å². The molecule has 0 amide bonds. The van der Waals surface area contributed by atoms with E-state index in [2.05, 4.69) is 30.7 Å². The van der Waals surface area contributed by atoms with Gasteiger partial charge in [0.25, 0.3) is 0 Å². The van der Waals surface area contributed by atoms with Gasteiger partial charge in [0.2, 0.25) is 5.95 Å². The van der Waals surface area contributed by atoms with Crippen LogP contribution in [0.3, 0.4) is 0 Å². The van der Waals surface area contributed by atoms with Gasteiger partial charge in [-0.05, 0) is 27.7 Å². The van der Waals surface area contributed by atoms with Gasteiger partial charge in [-0.25, -0.2) is 9.97 Å². The number of hydrogen-bond acceptors (Lipinski definition) is 6. The summed E-state index contributed by atoms with van der Waals surface area (Å²) >= 11 is 0. The van der Waals surface area contributed by atoms with E-state index in [1.807, 2.05) is 32.4 Å². The molecule has 3 heterocycles. The lowest BCUT2D eigenvalue weighted by Crippen LogP contribution is -2.31. The van der Waals surface area contributed by atoms with Crippen molar-refractivity contribution in [1.82, 2.24) is 29.3 Å². The van der Waals surface area contributed by atoms with Gasteiger partial charge < -0.3 is 15.2 Å². The zero-order valence-electron chi connectivity index (χ0n) is 17.0. The Balaban J connectivity index is 1.93. The minimum absolute atomic E-state index is 0.0376. The molecule has 0 unspecified atom stereocenters. The average molecular weight is 408 g/mol. The highest BCUT2D eigenvalue weighted by Crippen LogP contribution is 2.34. The lowest BCUT2D eigenvalue weighted by atomic mass is 10.1. The topological polar surface area (TPSA) is 85.5 Å². The second-order valence-corrected chi connectivity index (χ2v) is 7.24. The Hall–Kier alpha value is -3.11. The van der Waals surface area contributed by atoms with Gasteiger partial charge in [-0.2, -0.15) is 23.3 Å². The number of alkyl halides is 3. The third-order valence-electron chi connectivity index (χ3n) is 4.82. The molecule has 0 aliphatic rings. The first-order chi connectivity index (χ1) is 13.4. The third-order valence-corrected chi connectivity index (χ3v) is 4.82. The maximum Gasteiger partial charge on any atom is 0.421 e. The quantitative estimate of drug-likeness (QED) is 0.671. The van der Waals surface area contributed by atoms with E-state index in [0.29, 0.717) is 11.4 Å². The Morgan fingerprint density at radius 1 is 1.07 bits per heavy atom. The molecule has 0 saturated carbocycles. The van der Waals surface area contributed by atoms with E-state index in [1.165, 1.54) is 7.05 Å². The molecule has 0 spiro atoms. The summed E-state index contributed by atoms with van der Waals surface area (Å²) in [4.78, 5) is 12.2. The minimum atomic E-state index is -4.54. The van der Waals surface area contributed by atoms with Crippen LogP contribution in [0.1, 0.15) is 36.6 Å². The van der Waals surface area contributed by atoms with Crippen molar-refractivity contribution >= 4 is 17.5 Å². The largest absolute Gasteiger partial charge is 0.421 e. The summed E-state index contributed by atoms with van der Waals surface area (Å²) in [6.07, 6.45) is -0.231. The Labute approximate surface area is 166 Å². The predicted octanol–water partition coefficient (Wildman–Crippen LogP) is 3.61. The van der Waals surface area contributed by atoms with Gasteiger partial charge in [-0.1, -0.05) is 0 Å². The van der Waals surface area contributed by atoms with Crippen LogP contribution >= 0.6 is 0 Å². The normalized spacial score (nSPS) is 12.3. The number of aromatic nitrogens is 6. The van der Waals surface area contributed by atoms with Crippen LogP contribution in [0.2, 0.25) is 0 Å². The fourth-order valence-electron chi connectivity index (χ4n) is 3.00. The molecule has 3 aromatic rings. The van der Waals surface area contributed by atoms with Crippen LogP contribution in [0.15, 0.2) is 18.6 Å². The Kier molecular flexibility index (Phi) is 5.01. The number of imidazole rings is 1. The van der Waals surface area contributed by atoms with Crippen molar-refractivity contribution in [2.24, 2.45) is 7.05 Å². The highest BCUT2D eigenvalue weighted by atomic mass is 19.4. The molecule has 3 aromatic heterocycles. The summed E-state index contributed by atoms with van der Waals surface area (Å²) < 4.78 is 42.8. The van der Waals surface area contributed by atoms with Crippen molar-refractivity contribution in [2.75, 3.05) is 17.7 Å².